The molecule has 17 heavy (non-hydrogen) atoms. The lowest BCUT2D eigenvalue weighted by Gasteiger charge is -2.04. The SMILES string of the molecule is c1ccc(C[C@@H]2CN2Cc2ccccc2)cc1. The average Bonchev–Trinajstić information content (AvgIpc) is 3.10. The van der Waals surface area contributed by atoms with E-state index in [0.29, 0.717) is 0 Å². The molecular weight excluding hydrogens is 206 g/mol. The minimum Gasteiger partial charge on any atom is -0.293 e. The van der Waals surface area contributed by atoms with Crippen LogP contribution in [0.25, 0.3) is 0 Å². The van der Waals surface area contributed by atoms with Crippen LogP contribution in [0, 0.1) is 0 Å². The summed E-state index contributed by atoms with van der Waals surface area (Å²) in [7, 11) is 0. The summed E-state index contributed by atoms with van der Waals surface area (Å²) in [6.07, 6.45) is 1.19. The Kier molecular flexibility index (Phi) is 2.93. The molecule has 0 saturated carbocycles. The van der Waals surface area contributed by atoms with Crippen LogP contribution in [0.15, 0.2) is 60.7 Å². The topological polar surface area (TPSA) is 3.01 Å². The number of benzene rings is 2. The predicted octanol–water partition coefficient (Wildman–Crippen LogP) is 3.11. The van der Waals surface area contributed by atoms with E-state index >= 15 is 0 Å². The molecule has 0 aliphatic carbocycles. The van der Waals surface area contributed by atoms with Gasteiger partial charge in [0.05, 0.1) is 0 Å². The Balaban J connectivity index is 1.54. The van der Waals surface area contributed by atoms with E-state index in [9.17, 15) is 0 Å². The zero-order valence-corrected chi connectivity index (χ0v) is 9.92. The molecule has 0 spiro atoms. The molecule has 0 aromatic heterocycles. The fourth-order valence-electron chi connectivity index (χ4n) is 2.31. The van der Waals surface area contributed by atoms with Crippen LogP contribution >= 0.6 is 0 Å². The van der Waals surface area contributed by atoms with Crippen LogP contribution in [0.4, 0.5) is 0 Å². The van der Waals surface area contributed by atoms with E-state index < -0.39 is 0 Å². The molecule has 1 heterocycles. The molecular formula is C16H17N. The second kappa shape index (κ2) is 4.72. The van der Waals surface area contributed by atoms with E-state index in [2.05, 4.69) is 65.6 Å². The van der Waals surface area contributed by atoms with Crippen molar-refractivity contribution in [1.29, 1.82) is 0 Å². The Morgan fingerprint density at radius 2 is 1.41 bits per heavy atom. The molecule has 2 atom stereocenters. The van der Waals surface area contributed by atoms with Gasteiger partial charge in [-0.3, -0.25) is 4.90 Å². The van der Waals surface area contributed by atoms with Crippen molar-refractivity contribution in [1.82, 2.24) is 4.90 Å². The molecule has 1 saturated heterocycles. The third kappa shape index (κ3) is 2.75. The van der Waals surface area contributed by atoms with Gasteiger partial charge in [0, 0.05) is 19.1 Å². The summed E-state index contributed by atoms with van der Waals surface area (Å²) >= 11 is 0. The van der Waals surface area contributed by atoms with Crippen molar-refractivity contribution in [2.45, 2.75) is 19.0 Å². The average molecular weight is 223 g/mol. The third-order valence-electron chi connectivity index (χ3n) is 3.37. The highest BCUT2D eigenvalue weighted by atomic mass is 15.3. The van der Waals surface area contributed by atoms with Gasteiger partial charge < -0.3 is 0 Å². The first-order valence-electron chi connectivity index (χ1n) is 6.24. The molecule has 0 bridgehead atoms. The lowest BCUT2D eigenvalue weighted by atomic mass is 10.1. The Morgan fingerprint density at radius 1 is 0.824 bits per heavy atom. The Bertz CT molecular complexity index is 418. The van der Waals surface area contributed by atoms with Crippen molar-refractivity contribution >= 4 is 0 Å². The van der Waals surface area contributed by atoms with Crippen LogP contribution in [0.2, 0.25) is 0 Å². The van der Waals surface area contributed by atoms with E-state index in [1.807, 2.05) is 0 Å². The summed E-state index contributed by atoms with van der Waals surface area (Å²) in [4.78, 5) is 2.53. The molecule has 0 N–H and O–H groups in total. The van der Waals surface area contributed by atoms with Crippen LogP contribution in [0.3, 0.4) is 0 Å². The van der Waals surface area contributed by atoms with Gasteiger partial charge in [-0.2, -0.15) is 0 Å². The monoisotopic (exact) mass is 223 g/mol. The fraction of sp³-hybridized carbons (Fsp3) is 0.250. The molecule has 0 radical (unpaired) electrons. The standard InChI is InChI=1S/C16H17N/c1-3-7-14(8-4-1)11-16-13-17(16)12-15-9-5-2-6-10-15/h1-10,16H,11-13H2/t16-,17?/m1/s1. The fourth-order valence-corrected chi connectivity index (χ4v) is 2.31. The van der Waals surface area contributed by atoms with E-state index in [-0.39, 0.29) is 0 Å². The lowest BCUT2D eigenvalue weighted by molar-refractivity contribution is 0.499. The van der Waals surface area contributed by atoms with Crippen molar-refractivity contribution in [2.75, 3.05) is 6.54 Å². The van der Waals surface area contributed by atoms with Crippen LogP contribution in [-0.4, -0.2) is 17.5 Å². The summed E-state index contributed by atoms with van der Waals surface area (Å²) < 4.78 is 0. The van der Waals surface area contributed by atoms with Crippen molar-refractivity contribution < 1.29 is 0 Å². The molecule has 1 nitrogen and oxygen atoms in total. The second-order valence-corrected chi connectivity index (χ2v) is 4.76. The molecule has 86 valence electrons. The van der Waals surface area contributed by atoms with Crippen molar-refractivity contribution in [3.05, 3.63) is 71.8 Å². The Morgan fingerprint density at radius 3 is 2.06 bits per heavy atom. The number of hydrogen-bond acceptors (Lipinski definition) is 1. The number of nitrogens with zero attached hydrogens (tertiary/aromatic N) is 1. The molecule has 2 aromatic carbocycles. The van der Waals surface area contributed by atoms with Crippen LogP contribution in [-0.2, 0) is 13.0 Å². The van der Waals surface area contributed by atoms with Crippen molar-refractivity contribution in [3.63, 3.8) is 0 Å². The third-order valence-corrected chi connectivity index (χ3v) is 3.37. The van der Waals surface area contributed by atoms with Gasteiger partial charge in [-0.05, 0) is 17.5 Å². The van der Waals surface area contributed by atoms with E-state index in [0.717, 1.165) is 12.6 Å². The van der Waals surface area contributed by atoms with Gasteiger partial charge >= 0.3 is 0 Å². The van der Waals surface area contributed by atoms with Crippen molar-refractivity contribution in [3.8, 4) is 0 Å². The molecule has 1 fully saturated rings. The number of hydrogen-bond donors (Lipinski definition) is 0. The van der Waals surface area contributed by atoms with Gasteiger partial charge in [0.25, 0.3) is 0 Å². The summed E-state index contributed by atoms with van der Waals surface area (Å²) in [6.45, 7) is 2.34. The molecule has 3 rings (SSSR count). The summed E-state index contributed by atoms with van der Waals surface area (Å²) in [5.41, 5.74) is 2.87. The van der Waals surface area contributed by atoms with E-state index in [4.69, 9.17) is 0 Å². The molecule has 1 heteroatoms. The van der Waals surface area contributed by atoms with Crippen molar-refractivity contribution in [2.24, 2.45) is 0 Å². The molecule has 1 unspecified atom stereocenters. The lowest BCUT2D eigenvalue weighted by Crippen LogP contribution is -2.04. The first kappa shape index (κ1) is 10.5. The minimum absolute atomic E-state index is 0.748. The quantitative estimate of drug-likeness (QED) is 0.720. The maximum Gasteiger partial charge on any atom is 0.0267 e. The summed E-state index contributed by atoms with van der Waals surface area (Å²) in [5.74, 6) is 0. The molecule has 1 aliphatic heterocycles. The van der Waals surface area contributed by atoms with Crippen LogP contribution in [0.5, 0.6) is 0 Å². The molecule has 2 aromatic rings. The first-order chi connectivity index (χ1) is 8.42. The highest BCUT2D eigenvalue weighted by Gasteiger charge is 2.33. The van der Waals surface area contributed by atoms with E-state index in [1.54, 1.807) is 0 Å². The van der Waals surface area contributed by atoms with Gasteiger partial charge in [0.1, 0.15) is 0 Å². The van der Waals surface area contributed by atoms with Gasteiger partial charge in [-0.25, -0.2) is 0 Å². The maximum atomic E-state index is 2.53. The molecule has 1 aliphatic rings. The van der Waals surface area contributed by atoms with E-state index in [1.165, 1.54) is 24.1 Å². The van der Waals surface area contributed by atoms with Gasteiger partial charge in [0.2, 0.25) is 0 Å². The minimum atomic E-state index is 0.748. The van der Waals surface area contributed by atoms with Gasteiger partial charge in [-0.1, -0.05) is 60.7 Å². The molecule has 0 amide bonds. The Hall–Kier alpha value is -1.60. The van der Waals surface area contributed by atoms with Crippen LogP contribution < -0.4 is 0 Å². The highest BCUT2D eigenvalue weighted by molar-refractivity contribution is 5.19. The number of rotatable bonds is 4. The summed E-state index contributed by atoms with van der Waals surface area (Å²) in [5, 5.41) is 0. The zero-order chi connectivity index (χ0) is 11.5. The van der Waals surface area contributed by atoms with Gasteiger partial charge in [0.15, 0.2) is 0 Å². The second-order valence-electron chi connectivity index (χ2n) is 4.76. The first-order valence-corrected chi connectivity index (χ1v) is 6.24. The zero-order valence-electron chi connectivity index (χ0n) is 9.92. The Labute approximate surface area is 103 Å². The van der Waals surface area contributed by atoms with Crippen LogP contribution in [0.1, 0.15) is 11.1 Å². The normalized spacial score (nSPS) is 22.4. The smallest absolute Gasteiger partial charge is 0.0267 e. The largest absolute Gasteiger partial charge is 0.293 e. The predicted molar refractivity (Wildman–Crippen MR) is 70.8 cm³/mol. The van der Waals surface area contributed by atoms with Gasteiger partial charge in [-0.15, -0.1) is 0 Å². The summed E-state index contributed by atoms with van der Waals surface area (Å²) in [6, 6.07) is 22.2. The highest BCUT2D eigenvalue weighted by Crippen LogP contribution is 2.24. The maximum absolute atomic E-state index is 2.53.